The third-order valence-electron chi connectivity index (χ3n) is 4.90. The van der Waals surface area contributed by atoms with Gasteiger partial charge in [-0.2, -0.15) is 4.31 Å². The molecule has 0 radical (unpaired) electrons. The summed E-state index contributed by atoms with van der Waals surface area (Å²) in [5, 5.41) is 4.83. The van der Waals surface area contributed by atoms with Crippen molar-refractivity contribution in [3.05, 3.63) is 51.7 Å². The number of amides is 1. The van der Waals surface area contributed by atoms with E-state index in [2.05, 4.69) is 12.2 Å². The Bertz CT molecular complexity index is 924. The zero-order valence-electron chi connectivity index (χ0n) is 16.7. The fraction of sp³-hybridized carbons (Fsp3) is 0.476. The summed E-state index contributed by atoms with van der Waals surface area (Å²) in [6, 6.07) is 8.26. The Hall–Kier alpha value is -1.74. The first-order valence-corrected chi connectivity index (χ1v) is 12.4. The van der Waals surface area contributed by atoms with Crippen LogP contribution in [-0.4, -0.2) is 44.9 Å². The Kier molecular flexibility index (Phi) is 7.83. The van der Waals surface area contributed by atoms with Gasteiger partial charge in [-0.3, -0.25) is 4.79 Å². The maximum absolute atomic E-state index is 13.1. The molecule has 0 saturated heterocycles. The number of nitrogens with one attached hydrogen (secondary N) is 1. The molecule has 0 fully saturated rings. The van der Waals surface area contributed by atoms with Gasteiger partial charge in [-0.05, 0) is 54.5 Å². The highest BCUT2D eigenvalue weighted by Gasteiger charge is 2.29. The highest BCUT2D eigenvalue weighted by molar-refractivity contribution is 7.89. The van der Waals surface area contributed by atoms with Gasteiger partial charge in [0.1, 0.15) is 0 Å². The van der Waals surface area contributed by atoms with Crippen LogP contribution in [0.15, 0.2) is 40.6 Å². The zero-order valence-corrected chi connectivity index (χ0v) is 18.4. The number of hydrogen-bond donors (Lipinski definition) is 1. The van der Waals surface area contributed by atoms with E-state index in [-0.39, 0.29) is 10.8 Å². The number of carbonyl (C=O) groups excluding carboxylic acids is 1. The van der Waals surface area contributed by atoms with Crippen molar-refractivity contribution in [2.75, 3.05) is 26.3 Å². The molecule has 29 heavy (non-hydrogen) atoms. The summed E-state index contributed by atoms with van der Waals surface area (Å²) in [6.07, 6.45) is 3.59. The number of fused-ring (bicyclic) bond motifs is 1. The molecule has 1 aromatic carbocycles. The first-order chi connectivity index (χ1) is 14.0. The Balaban J connectivity index is 1.58. The van der Waals surface area contributed by atoms with E-state index in [9.17, 15) is 13.2 Å². The summed E-state index contributed by atoms with van der Waals surface area (Å²) < 4.78 is 33.1. The highest BCUT2D eigenvalue weighted by Crippen LogP contribution is 2.28. The minimum absolute atomic E-state index is 0.159. The fourth-order valence-corrected chi connectivity index (χ4v) is 5.56. The van der Waals surface area contributed by atoms with Crippen molar-refractivity contribution < 1.29 is 17.9 Å². The molecule has 1 aromatic heterocycles. The van der Waals surface area contributed by atoms with E-state index < -0.39 is 10.0 Å². The van der Waals surface area contributed by atoms with Crippen LogP contribution in [0, 0.1) is 0 Å². The van der Waals surface area contributed by atoms with Crippen molar-refractivity contribution in [2.45, 2.75) is 44.0 Å². The summed E-state index contributed by atoms with van der Waals surface area (Å²) in [5.74, 6) is -0.269. The third-order valence-corrected chi connectivity index (χ3v) is 7.76. The second-order valence-corrected chi connectivity index (χ2v) is 10.00. The molecule has 0 unspecified atom stereocenters. The molecule has 1 amide bonds. The van der Waals surface area contributed by atoms with Crippen molar-refractivity contribution in [3.63, 3.8) is 0 Å². The molecule has 0 aliphatic carbocycles. The van der Waals surface area contributed by atoms with Crippen molar-refractivity contribution >= 4 is 27.3 Å². The van der Waals surface area contributed by atoms with Gasteiger partial charge in [-0.25, -0.2) is 8.42 Å². The van der Waals surface area contributed by atoms with Gasteiger partial charge in [0, 0.05) is 43.3 Å². The summed E-state index contributed by atoms with van der Waals surface area (Å²) in [4.78, 5) is 13.8. The van der Waals surface area contributed by atoms with Crippen LogP contribution in [-0.2, 0) is 27.7 Å². The molecule has 8 heteroatoms. The van der Waals surface area contributed by atoms with Crippen LogP contribution in [0.4, 0.5) is 0 Å². The van der Waals surface area contributed by atoms with Crippen molar-refractivity contribution in [2.24, 2.45) is 0 Å². The number of carbonyl (C=O) groups is 1. The number of sulfonamides is 1. The minimum Gasteiger partial charge on any atom is -0.381 e. The van der Waals surface area contributed by atoms with Crippen LogP contribution in [0.1, 0.15) is 47.0 Å². The van der Waals surface area contributed by atoms with Gasteiger partial charge in [0.15, 0.2) is 0 Å². The third kappa shape index (κ3) is 5.66. The maximum Gasteiger partial charge on any atom is 0.251 e. The molecule has 2 heterocycles. The van der Waals surface area contributed by atoms with Gasteiger partial charge in [0.25, 0.3) is 5.91 Å². The summed E-state index contributed by atoms with van der Waals surface area (Å²) >= 11 is 1.67. The predicted molar refractivity (Wildman–Crippen MR) is 115 cm³/mol. The van der Waals surface area contributed by atoms with Crippen LogP contribution >= 0.6 is 11.3 Å². The van der Waals surface area contributed by atoms with Crippen LogP contribution in [0.5, 0.6) is 0 Å². The quantitative estimate of drug-likeness (QED) is 0.579. The SMILES string of the molecule is CCCCOCCCNC(=O)c1cccc(S(=O)(=O)N2CCc3sccc3C2)c1. The van der Waals surface area contributed by atoms with Crippen LogP contribution in [0.25, 0.3) is 0 Å². The lowest BCUT2D eigenvalue weighted by Crippen LogP contribution is -2.35. The molecule has 0 saturated carbocycles. The second-order valence-electron chi connectivity index (χ2n) is 7.06. The molecule has 2 aromatic rings. The van der Waals surface area contributed by atoms with E-state index in [4.69, 9.17) is 4.74 Å². The normalized spacial score (nSPS) is 14.5. The van der Waals surface area contributed by atoms with E-state index in [1.54, 1.807) is 29.5 Å². The lowest BCUT2D eigenvalue weighted by Gasteiger charge is -2.26. The molecule has 6 nitrogen and oxygen atoms in total. The number of unbranched alkanes of at least 4 members (excludes halogenated alkanes) is 1. The topological polar surface area (TPSA) is 75.7 Å². The highest BCUT2D eigenvalue weighted by atomic mass is 32.2. The summed E-state index contributed by atoms with van der Waals surface area (Å²) in [6.45, 7) is 4.80. The number of benzene rings is 1. The second kappa shape index (κ2) is 10.3. The minimum atomic E-state index is -3.64. The van der Waals surface area contributed by atoms with Crippen molar-refractivity contribution in [3.8, 4) is 0 Å². The Morgan fingerprint density at radius 3 is 2.90 bits per heavy atom. The van der Waals surface area contributed by atoms with Gasteiger partial charge < -0.3 is 10.1 Å². The number of thiophene rings is 1. The Morgan fingerprint density at radius 2 is 2.07 bits per heavy atom. The molecule has 1 N–H and O–H groups in total. The lowest BCUT2D eigenvalue weighted by molar-refractivity contribution is 0.0940. The first-order valence-electron chi connectivity index (χ1n) is 10.0. The summed E-state index contributed by atoms with van der Waals surface area (Å²) in [7, 11) is -3.64. The number of rotatable bonds is 10. The largest absolute Gasteiger partial charge is 0.381 e. The van der Waals surface area contributed by atoms with Gasteiger partial charge in [-0.1, -0.05) is 19.4 Å². The van der Waals surface area contributed by atoms with E-state index in [1.807, 2.05) is 11.4 Å². The Labute approximate surface area is 176 Å². The number of nitrogens with zero attached hydrogens (tertiary/aromatic N) is 1. The molecule has 0 atom stereocenters. The molecular weight excluding hydrogens is 408 g/mol. The van der Waals surface area contributed by atoms with Gasteiger partial charge >= 0.3 is 0 Å². The molecule has 1 aliphatic heterocycles. The van der Waals surface area contributed by atoms with Crippen LogP contribution in [0.2, 0.25) is 0 Å². The van der Waals surface area contributed by atoms with E-state index >= 15 is 0 Å². The molecular formula is C21H28N2O4S2. The van der Waals surface area contributed by atoms with E-state index in [0.29, 0.717) is 31.8 Å². The van der Waals surface area contributed by atoms with Crippen LogP contribution < -0.4 is 5.32 Å². The molecule has 0 bridgehead atoms. The Morgan fingerprint density at radius 1 is 1.24 bits per heavy atom. The van der Waals surface area contributed by atoms with Crippen molar-refractivity contribution in [1.82, 2.24) is 9.62 Å². The fourth-order valence-electron chi connectivity index (χ4n) is 3.20. The summed E-state index contributed by atoms with van der Waals surface area (Å²) in [5.41, 5.74) is 1.42. The molecule has 0 spiro atoms. The zero-order chi connectivity index (χ0) is 20.7. The smallest absolute Gasteiger partial charge is 0.251 e. The van der Waals surface area contributed by atoms with Gasteiger partial charge in [0.2, 0.25) is 10.0 Å². The lowest BCUT2D eigenvalue weighted by atomic mass is 10.1. The molecule has 1 aliphatic rings. The first kappa shape index (κ1) is 22.0. The number of hydrogen-bond acceptors (Lipinski definition) is 5. The maximum atomic E-state index is 13.1. The average Bonchev–Trinajstić information content (AvgIpc) is 3.21. The molecule has 3 rings (SSSR count). The van der Waals surface area contributed by atoms with Crippen LogP contribution in [0.3, 0.4) is 0 Å². The standard InChI is InChI=1S/C21H28N2O4S2/c1-2-3-12-27-13-5-10-22-21(24)17-6-4-7-19(15-17)29(25,26)23-11-8-20-18(16-23)9-14-28-20/h4,6-7,9,14-15H,2-3,5,8,10-13,16H2,1H3,(H,22,24). The average molecular weight is 437 g/mol. The van der Waals surface area contributed by atoms with Gasteiger partial charge in [0.05, 0.1) is 4.90 Å². The predicted octanol–water partition coefficient (Wildman–Crippen LogP) is 3.43. The van der Waals surface area contributed by atoms with Crippen molar-refractivity contribution in [1.29, 1.82) is 0 Å². The molecule has 158 valence electrons. The van der Waals surface area contributed by atoms with E-state index in [0.717, 1.165) is 37.9 Å². The number of ether oxygens (including phenoxy) is 1. The van der Waals surface area contributed by atoms with E-state index in [1.165, 1.54) is 15.2 Å². The monoisotopic (exact) mass is 436 g/mol. The van der Waals surface area contributed by atoms with Gasteiger partial charge in [-0.15, -0.1) is 11.3 Å².